The van der Waals surface area contributed by atoms with Crippen LogP contribution in [-0.4, -0.2) is 28.5 Å². The smallest absolute Gasteiger partial charge is 0.224 e. The summed E-state index contributed by atoms with van der Waals surface area (Å²) >= 11 is 0. The minimum Gasteiger partial charge on any atom is -0.480 e. The lowest BCUT2D eigenvalue weighted by atomic mass is 10.0. The third-order valence-electron chi connectivity index (χ3n) is 4.93. The van der Waals surface area contributed by atoms with Gasteiger partial charge in [-0.15, -0.1) is 0 Å². The van der Waals surface area contributed by atoms with Crippen LogP contribution in [-0.2, 0) is 4.74 Å². The van der Waals surface area contributed by atoms with E-state index in [1.54, 1.807) is 7.11 Å². The van der Waals surface area contributed by atoms with Crippen LogP contribution in [0.15, 0.2) is 30.5 Å². The van der Waals surface area contributed by atoms with E-state index in [0.717, 1.165) is 41.6 Å². The molecule has 0 spiro atoms. The first-order valence-electron chi connectivity index (χ1n) is 8.79. The van der Waals surface area contributed by atoms with Crippen LogP contribution in [0.4, 0.5) is 0 Å². The van der Waals surface area contributed by atoms with Crippen LogP contribution in [0.2, 0.25) is 0 Å². The lowest BCUT2D eigenvalue weighted by Gasteiger charge is -2.22. The number of methoxy groups -OCH3 is 1. The number of ether oxygens (including phenoxy) is 2. The van der Waals surface area contributed by atoms with E-state index < -0.39 is 0 Å². The predicted octanol–water partition coefficient (Wildman–Crippen LogP) is 4.42. The van der Waals surface area contributed by atoms with Crippen LogP contribution in [0.3, 0.4) is 0 Å². The van der Waals surface area contributed by atoms with E-state index >= 15 is 0 Å². The Morgan fingerprint density at radius 2 is 2.04 bits per heavy atom. The molecule has 5 nitrogen and oxygen atoms in total. The van der Waals surface area contributed by atoms with Gasteiger partial charge in [0.2, 0.25) is 5.88 Å². The maximum Gasteiger partial charge on any atom is 0.224 e. The van der Waals surface area contributed by atoms with Crippen molar-refractivity contribution >= 4 is 10.9 Å². The monoisotopic (exact) mass is 337 g/mol. The van der Waals surface area contributed by atoms with E-state index in [1.807, 2.05) is 16.9 Å². The fraction of sp³-hybridized carbons (Fsp3) is 0.400. The topological polar surface area (TPSA) is 49.2 Å². The van der Waals surface area contributed by atoms with Gasteiger partial charge in [0.1, 0.15) is 11.7 Å². The van der Waals surface area contributed by atoms with Crippen molar-refractivity contribution in [2.24, 2.45) is 0 Å². The van der Waals surface area contributed by atoms with E-state index in [9.17, 15) is 0 Å². The molecule has 0 amide bonds. The molecule has 1 aliphatic rings. The van der Waals surface area contributed by atoms with Crippen molar-refractivity contribution in [3.05, 3.63) is 41.6 Å². The normalized spacial score (nSPS) is 17.8. The second-order valence-electron chi connectivity index (χ2n) is 6.68. The van der Waals surface area contributed by atoms with E-state index in [-0.39, 0.29) is 6.23 Å². The Labute approximate surface area is 147 Å². The van der Waals surface area contributed by atoms with Gasteiger partial charge in [-0.2, -0.15) is 5.10 Å². The van der Waals surface area contributed by atoms with Crippen molar-refractivity contribution in [3.63, 3.8) is 0 Å². The molecule has 2 aromatic heterocycles. The molecule has 3 heterocycles. The Bertz CT molecular complexity index is 911. The van der Waals surface area contributed by atoms with Gasteiger partial charge in [0.15, 0.2) is 0 Å². The van der Waals surface area contributed by atoms with Gasteiger partial charge < -0.3 is 9.47 Å². The van der Waals surface area contributed by atoms with Crippen molar-refractivity contribution in [2.45, 2.75) is 39.3 Å². The number of aromatic nitrogens is 3. The second kappa shape index (κ2) is 6.48. The summed E-state index contributed by atoms with van der Waals surface area (Å²) < 4.78 is 13.3. The summed E-state index contributed by atoms with van der Waals surface area (Å²) in [7, 11) is 1.65. The molecule has 0 saturated carbocycles. The van der Waals surface area contributed by atoms with Crippen molar-refractivity contribution in [1.82, 2.24) is 14.8 Å². The van der Waals surface area contributed by atoms with Crippen LogP contribution in [0.5, 0.6) is 5.88 Å². The number of aryl methyl sites for hydroxylation is 2. The first-order valence-corrected chi connectivity index (χ1v) is 8.79. The van der Waals surface area contributed by atoms with Gasteiger partial charge in [-0.25, -0.2) is 9.67 Å². The number of pyridine rings is 1. The number of nitrogens with zero attached hydrogens (tertiary/aromatic N) is 3. The molecule has 1 aliphatic heterocycles. The van der Waals surface area contributed by atoms with Gasteiger partial charge in [-0.1, -0.05) is 12.1 Å². The standard InChI is InChI=1S/C20H23N3O2/c1-13-7-8-15(10-14(13)2)17-11-18-16(20(21-17)24-3)12-23(22-18)19-6-4-5-9-25-19/h7-8,10-12,19H,4-6,9H2,1-3H3. The fourth-order valence-electron chi connectivity index (χ4n) is 3.29. The molecule has 0 aliphatic carbocycles. The number of benzene rings is 1. The van der Waals surface area contributed by atoms with E-state index in [4.69, 9.17) is 19.6 Å². The molecule has 1 aromatic carbocycles. The lowest BCUT2D eigenvalue weighted by molar-refractivity contribution is -0.0390. The summed E-state index contributed by atoms with van der Waals surface area (Å²) in [5.74, 6) is 0.604. The van der Waals surface area contributed by atoms with Gasteiger partial charge in [-0.3, -0.25) is 0 Å². The van der Waals surface area contributed by atoms with Crippen molar-refractivity contribution in [3.8, 4) is 17.1 Å². The van der Waals surface area contributed by atoms with Gasteiger partial charge in [0.05, 0.1) is 18.2 Å². The SMILES string of the molecule is COc1nc(-c2ccc(C)c(C)c2)cc2nn(C3CCCCO3)cc12. The third-order valence-corrected chi connectivity index (χ3v) is 4.93. The number of hydrogen-bond donors (Lipinski definition) is 0. The number of hydrogen-bond acceptors (Lipinski definition) is 4. The molecule has 0 bridgehead atoms. The van der Waals surface area contributed by atoms with E-state index in [1.165, 1.54) is 17.5 Å². The molecule has 130 valence electrons. The molecule has 25 heavy (non-hydrogen) atoms. The van der Waals surface area contributed by atoms with E-state index in [2.05, 4.69) is 32.0 Å². The molecule has 1 atom stereocenters. The fourth-order valence-corrected chi connectivity index (χ4v) is 3.29. The zero-order valence-corrected chi connectivity index (χ0v) is 15.0. The number of fused-ring (bicyclic) bond motifs is 1. The maximum atomic E-state index is 5.85. The van der Waals surface area contributed by atoms with Crippen LogP contribution in [0.1, 0.15) is 36.6 Å². The zero-order valence-electron chi connectivity index (χ0n) is 15.0. The van der Waals surface area contributed by atoms with Crippen LogP contribution in [0.25, 0.3) is 22.2 Å². The molecule has 1 unspecified atom stereocenters. The summed E-state index contributed by atoms with van der Waals surface area (Å²) in [6.45, 7) is 5.02. The van der Waals surface area contributed by atoms with Gasteiger partial charge >= 0.3 is 0 Å². The molecular weight excluding hydrogens is 314 g/mol. The Morgan fingerprint density at radius 3 is 2.76 bits per heavy atom. The highest BCUT2D eigenvalue weighted by Crippen LogP contribution is 2.31. The minimum atomic E-state index is 0.0101. The molecule has 4 rings (SSSR count). The molecule has 3 aromatic rings. The van der Waals surface area contributed by atoms with Gasteiger partial charge in [-0.05, 0) is 56.4 Å². The first kappa shape index (κ1) is 16.1. The Morgan fingerprint density at radius 1 is 1.16 bits per heavy atom. The van der Waals surface area contributed by atoms with Crippen LogP contribution in [0, 0.1) is 13.8 Å². The highest BCUT2D eigenvalue weighted by molar-refractivity contribution is 5.86. The molecule has 0 radical (unpaired) electrons. The summed E-state index contributed by atoms with van der Waals surface area (Å²) in [6, 6.07) is 8.40. The molecule has 0 N–H and O–H groups in total. The molecular formula is C20H23N3O2. The second-order valence-corrected chi connectivity index (χ2v) is 6.68. The van der Waals surface area contributed by atoms with Gasteiger partial charge in [0, 0.05) is 18.4 Å². The zero-order chi connectivity index (χ0) is 17.4. The maximum absolute atomic E-state index is 5.85. The minimum absolute atomic E-state index is 0.0101. The predicted molar refractivity (Wildman–Crippen MR) is 97.8 cm³/mol. The lowest BCUT2D eigenvalue weighted by Crippen LogP contribution is -2.18. The largest absolute Gasteiger partial charge is 0.480 e. The van der Waals surface area contributed by atoms with Crippen molar-refractivity contribution in [2.75, 3.05) is 13.7 Å². The number of rotatable bonds is 3. The Hall–Kier alpha value is -2.40. The highest BCUT2D eigenvalue weighted by Gasteiger charge is 2.19. The summed E-state index contributed by atoms with van der Waals surface area (Å²) in [5.41, 5.74) is 5.36. The summed E-state index contributed by atoms with van der Waals surface area (Å²) in [4.78, 5) is 4.70. The van der Waals surface area contributed by atoms with Gasteiger partial charge in [0.25, 0.3) is 0 Å². The molecule has 5 heteroatoms. The Kier molecular flexibility index (Phi) is 4.17. The quantitative estimate of drug-likeness (QED) is 0.710. The Balaban J connectivity index is 1.80. The summed E-state index contributed by atoms with van der Waals surface area (Å²) in [5, 5.41) is 5.66. The van der Waals surface area contributed by atoms with Crippen molar-refractivity contribution in [1.29, 1.82) is 0 Å². The first-order chi connectivity index (χ1) is 12.2. The average molecular weight is 337 g/mol. The molecule has 1 fully saturated rings. The average Bonchev–Trinajstić information content (AvgIpc) is 3.08. The van der Waals surface area contributed by atoms with E-state index in [0.29, 0.717) is 5.88 Å². The third kappa shape index (κ3) is 3.00. The highest BCUT2D eigenvalue weighted by atomic mass is 16.5. The van der Waals surface area contributed by atoms with Crippen LogP contribution < -0.4 is 4.74 Å². The summed E-state index contributed by atoms with van der Waals surface area (Å²) in [6.07, 6.45) is 5.29. The molecule has 1 saturated heterocycles. The van der Waals surface area contributed by atoms with Crippen molar-refractivity contribution < 1.29 is 9.47 Å². The van der Waals surface area contributed by atoms with Crippen LogP contribution >= 0.6 is 0 Å².